The SMILES string of the molecule is CCCCCCCC/C=C\CCCCCCCCOC(=O)C(CCSC)NC(C)=O. The average Bonchev–Trinajstić information content (AvgIpc) is 2.72. The predicted octanol–water partition coefficient (Wildman–Crippen LogP) is 6.82. The van der Waals surface area contributed by atoms with Crippen LogP contribution in [0, 0.1) is 0 Å². The van der Waals surface area contributed by atoms with Gasteiger partial charge in [-0.15, -0.1) is 0 Å². The number of ether oxygens (including phenoxy) is 1. The molecule has 1 amide bonds. The Hall–Kier alpha value is -0.970. The van der Waals surface area contributed by atoms with Gasteiger partial charge in [0.15, 0.2) is 0 Å². The molecule has 0 aromatic carbocycles. The van der Waals surface area contributed by atoms with Crippen molar-refractivity contribution in [1.29, 1.82) is 0 Å². The zero-order chi connectivity index (χ0) is 22.3. The summed E-state index contributed by atoms with van der Waals surface area (Å²) < 4.78 is 5.35. The quantitative estimate of drug-likeness (QED) is 0.121. The third kappa shape index (κ3) is 20.3. The number of carbonyl (C=O) groups excluding carboxylic acids is 2. The number of thioether (sulfide) groups is 1. The van der Waals surface area contributed by atoms with Crippen LogP contribution in [0.5, 0.6) is 0 Å². The second-order valence-electron chi connectivity index (χ2n) is 8.14. The van der Waals surface area contributed by atoms with Gasteiger partial charge in [-0.2, -0.15) is 11.8 Å². The maximum atomic E-state index is 12.1. The highest BCUT2D eigenvalue weighted by atomic mass is 32.2. The minimum Gasteiger partial charge on any atom is -0.464 e. The van der Waals surface area contributed by atoms with Crippen molar-refractivity contribution >= 4 is 23.6 Å². The van der Waals surface area contributed by atoms with E-state index in [1.807, 2.05) is 6.26 Å². The zero-order valence-corrected chi connectivity index (χ0v) is 20.7. The Morgan fingerprint density at radius 1 is 0.867 bits per heavy atom. The lowest BCUT2D eigenvalue weighted by Gasteiger charge is -2.16. The largest absolute Gasteiger partial charge is 0.464 e. The van der Waals surface area contributed by atoms with Crippen molar-refractivity contribution in [1.82, 2.24) is 5.32 Å². The summed E-state index contributed by atoms with van der Waals surface area (Å²) in [5, 5.41) is 2.69. The molecule has 0 radical (unpaired) electrons. The molecule has 0 aliphatic rings. The second-order valence-corrected chi connectivity index (χ2v) is 9.13. The van der Waals surface area contributed by atoms with Gasteiger partial charge in [-0.05, 0) is 50.5 Å². The Morgan fingerprint density at radius 2 is 1.40 bits per heavy atom. The lowest BCUT2D eigenvalue weighted by molar-refractivity contribution is -0.147. The van der Waals surface area contributed by atoms with Gasteiger partial charge in [0.25, 0.3) is 0 Å². The smallest absolute Gasteiger partial charge is 0.328 e. The van der Waals surface area contributed by atoms with Crippen molar-refractivity contribution in [2.45, 2.75) is 116 Å². The molecule has 5 heteroatoms. The molecule has 176 valence electrons. The number of amides is 1. The molecule has 0 saturated heterocycles. The van der Waals surface area contributed by atoms with E-state index >= 15 is 0 Å². The standard InChI is InChI=1S/C25H47NO3S/c1-4-5-6-7-8-9-10-11-12-13-14-15-16-17-18-19-21-29-25(28)24(20-22-30-3)26-23(2)27/h11-12,24H,4-10,13-22H2,1-3H3,(H,26,27)/b12-11-. The number of rotatable bonds is 21. The zero-order valence-electron chi connectivity index (χ0n) is 19.9. The molecule has 0 aliphatic carbocycles. The van der Waals surface area contributed by atoms with E-state index in [1.54, 1.807) is 11.8 Å². The molecule has 1 atom stereocenters. The first-order valence-electron chi connectivity index (χ1n) is 12.2. The van der Waals surface area contributed by atoms with E-state index in [4.69, 9.17) is 4.74 Å². The Kier molecular flexibility index (Phi) is 22.0. The first-order chi connectivity index (χ1) is 14.6. The first-order valence-corrected chi connectivity index (χ1v) is 13.6. The monoisotopic (exact) mass is 441 g/mol. The Balaban J connectivity index is 3.49. The number of carbonyl (C=O) groups is 2. The Labute approximate surface area is 190 Å². The Morgan fingerprint density at radius 3 is 1.93 bits per heavy atom. The molecule has 0 saturated carbocycles. The summed E-state index contributed by atoms with van der Waals surface area (Å²) in [6, 6.07) is -0.510. The van der Waals surface area contributed by atoms with Crippen molar-refractivity contribution in [3.63, 3.8) is 0 Å². The fraction of sp³-hybridized carbons (Fsp3) is 0.840. The summed E-state index contributed by atoms with van der Waals surface area (Å²) in [7, 11) is 0. The highest BCUT2D eigenvalue weighted by Crippen LogP contribution is 2.10. The van der Waals surface area contributed by atoms with Crippen LogP contribution in [-0.4, -0.2) is 36.5 Å². The van der Waals surface area contributed by atoms with Crippen LogP contribution in [0.15, 0.2) is 12.2 Å². The van der Waals surface area contributed by atoms with Crippen LogP contribution in [0.1, 0.15) is 110 Å². The molecule has 30 heavy (non-hydrogen) atoms. The third-order valence-corrected chi connectivity index (χ3v) is 5.82. The van der Waals surface area contributed by atoms with E-state index in [2.05, 4.69) is 24.4 Å². The van der Waals surface area contributed by atoms with E-state index < -0.39 is 6.04 Å². The number of esters is 1. The van der Waals surface area contributed by atoms with Crippen LogP contribution in [0.3, 0.4) is 0 Å². The van der Waals surface area contributed by atoms with Crippen LogP contribution in [-0.2, 0) is 14.3 Å². The number of allylic oxidation sites excluding steroid dienone is 2. The van der Waals surface area contributed by atoms with Crippen molar-refractivity contribution < 1.29 is 14.3 Å². The minimum atomic E-state index is -0.510. The van der Waals surface area contributed by atoms with Gasteiger partial charge in [0, 0.05) is 6.92 Å². The van der Waals surface area contributed by atoms with Crippen molar-refractivity contribution in [2.24, 2.45) is 0 Å². The predicted molar refractivity (Wildman–Crippen MR) is 131 cm³/mol. The molecule has 4 nitrogen and oxygen atoms in total. The van der Waals surface area contributed by atoms with E-state index in [9.17, 15) is 9.59 Å². The maximum Gasteiger partial charge on any atom is 0.328 e. The van der Waals surface area contributed by atoms with Gasteiger partial charge in [0.1, 0.15) is 6.04 Å². The first kappa shape index (κ1) is 29.0. The molecule has 0 aromatic heterocycles. The number of nitrogens with one attached hydrogen (secondary N) is 1. The fourth-order valence-corrected chi connectivity index (χ4v) is 3.82. The van der Waals surface area contributed by atoms with Crippen molar-refractivity contribution in [2.75, 3.05) is 18.6 Å². The van der Waals surface area contributed by atoms with Crippen LogP contribution in [0.2, 0.25) is 0 Å². The molecule has 0 fully saturated rings. The average molecular weight is 442 g/mol. The van der Waals surface area contributed by atoms with E-state index in [-0.39, 0.29) is 11.9 Å². The normalized spacial score (nSPS) is 12.2. The van der Waals surface area contributed by atoms with Gasteiger partial charge in [0.2, 0.25) is 5.91 Å². The van der Waals surface area contributed by atoms with Gasteiger partial charge < -0.3 is 10.1 Å². The van der Waals surface area contributed by atoms with Crippen LogP contribution in [0.4, 0.5) is 0 Å². The fourth-order valence-electron chi connectivity index (χ4n) is 3.35. The minimum absolute atomic E-state index is 0.185. The molecule has 1 N–H and O–H groups in total. The molecular weight excluding hydrogens is 394 g/mol. The van der Waals surface area contributed by atoms with Crippen LogP contribution < -0.4 is 5.32 Å². The van der Waals surface area contributed by atoms with Gasteiger partial charge in [-0.1, -0.05) is 76.9 Å². The second kappa shape index (κ2) is 22.7. The van der Waals surface area contributed by atoms with E-state index in [0.29, 0.717) is 13.0 Å². The lowest BCUT2D eigenvalue weighted by atomic mass is 10.1. The number of hydrogen-bond donors (Lipinski definition) is 1. The summed E-state index contributed by atoms with van der Waals surface area (Å²) in [6.45, 7) is 4.15. The number of hydrogen-bond acceptors (Lipinski definition) is 4. The van der Waals surface area contributed by atoms with Crippen molar-refractivity contribution in [3.8, 4) is 0 Å². The summed E-state index contributed by atoms with van der Waals surface area (Å²) in [6.07, 6.45) is 25.0. The topological polar surface area (TPSA) is 55.4 Å². The van der Waals surface area contributed by atoms with Gasteiger partial charge in [-0.25, -0.2) is 4.79 Å². The maximum absolute atomic E-state index is 12.1. The summed E-state index contributed by atoms with van der Waals surface area (Å²) in [4.78, 5) is 23.3. The Bertz CT molecular complexity index is 440. The summed E-state index contributed by atoms with van der Waals surface area (Å²) >= 11 is 1.66. The highest BCUT2D eigenvalue weighted by Gasteiger charge is 2.20. The van der Waals surface area contributed by atoms with Gasteiger partial charge >= 0.3 is 5.97 Å². The van der Waals surface area contributed by atoms with E-state index in [0.717, 1.165) is 18.6 Å². The van der Waals surface area contributed by atoms with Gasteiger partial charge in [-0.3, -0.25) is 4.79 Å². The molecule has 0 heterocycles. The molecule has 0 aliphatic heterocycles. The molecule has 0 aromatic rings. The van der Waals surface area contributed by atoms with Crippen molar-refractivity contribution in [3.05, 3.63) is 12.2 Å². The molecule has 0 rings (SSSR count). The summed E-state index contributed by atoms with van der Waals surface area (Å²) in [5.41, 5.74) is 0. The molecular formula is C25H47NO3S. The molecule has 0 bridgehead atoms. The van der Waals surface area contributed by atoms with Crippen LogP contribution in [0.25, 0.3) is 0 Å². The lowest BCUT2D eigenvalue weighted by Crippen LogP contribution is -2.41. The van der Waals surface area contributed by atoms with Gasteiger partial charge in [0.05, 0.1) is 6.61 Å². The van der Waals surface area contributed by atoms with Crippen LogP contribution >= 0.6 is 11.8 Å². The summed E-state index contributed by atoms with van der Waals surface area (Å²) in [5.74, 6) is 0.344. The third-order valence-electron chi connectivity index (χ3n) is 5.17. The highest BCUT2D eigenvalue weighted by molar-refractivity contribution is 7.98. The number of unbranched alkanes of at least 4 members (excludes halogenated alkanes) is 12. The molecule has 0 spiro atoms. The van der Waals surface area contributed by atoms with E-state index in [1.165, 1.54) is 84.0 Å². The molecule has 1 unspecified atom stereocenters.